The Bertz CT molecular complexity index is 560. The van der Waals surface area contributed by atoms with Gasteiger partial charge in [0, 0.05) is 18.6 Å². The van der Waals surface area contributed by atoms with Gasteiger partial charge in [0.25, 0.3) is 0 Å². The molecule has 0 bridgehead atoms. The molecule has 1 atom stereocenters. The molecule has 1 N–H and O–H groups in total. The van der Waals surface area contributed by atoms with Gasteiger partial charge in [-0.1, -0.05) is 30.3 Å². The van der Waals surface area contributed by atoms with Crippen LogP contribution in [0.3, 0.4) is 0 Å². The van der Waals surface area contributed by atoms with Gasteiger partial charge in [-0.2, -0.15) is 0 Å². The van der Waals surface area contributed by atoms with Gasteiger partial charge >= 0.3 is 0 Å². The Morgan fingerprint density at radius 1 is 1.19 bits per heavy atom. The summed E-state index contributed by atoms with van der Waals surface area (Å²) in [5.41, 5.74) is 1.36. The van der Waals surface area contributed by atoms with Crippen molar-refractivity contribution in [2.24, 2.45) is 0 Å². The number of likely N-dealkylation sites (N-methyl/N-ethyl adjacent to an activating group) is 1. The molecule has 0 spiro atoms. The van der Waals surface area contributed by atoms with Crippen LogP contribution in [-0.2, 0) is 6.54 Å². The standard InChI is InChI=1S/C18H24N2O/c1-14-8-11-17(21-14)13-20(2)18(12-19-16-9-10-16)15-6-4-3-5-7-15/h3-8,11,16,18-19H,9-10,12-13H2,1-2H3. The summed E-state index contributed by atoms with van der Waals surface area (Å²) < 4.78 is 5.72. The van der Waals surface area contributed by atoms with Gasteiger partial charge in [-0.15, -0.1) is 0 Å². The van der Waals surface area contributed by atoms with Crippen LogP contribution in [0.5, 0.6) is 0 Å². The van der Waals surface area contributed by atoms with E-state index >= 15 is 0 Å². The third-order valence-corrected chi connectivity index (χ3v) is 4.09. The van der Waals surface area contributed by atoms with E-state index in [1.54, 1.807) is 0 Å². The fourth-order valence-corrected chi connectivity index (χ4v) is 2.70. The van der Waals surface area contributed by atoms with Gasteiger partial charge in [0.15, 0.2) is 0 Å². The molecule has 3 nitrogen and oxygen atoms in total. The number of furan rings is 1. The highest BCUT2D eigenvalue weighted by molar-refractivity contribution is 5.20. The normalized spacial score (nSPS) is 16.3. The zero-order chi connectivity index (χ0) is 14.7. The molecule has 0 radical (unpaired) electrons. The molecular weight excluding hydrogens is 260 g/mol. The number of hydrogen-bond acceptors (Lipinski definition) is 3. The van der Waals surface area contributed by atoms with Crippen LogP contribution < -0.4 is 5.32 Å². The lowest BCUT2D eigenvalue weighted by atomic mass is 10.1. The summed E-state index contributed by atoms with van der Waals surface area (Å²) in [6, 6.07) is 15.9. The first-order valence-electron chi connectivity index (χ1n) is 7.76. The monoisotopic (exact) mass is 284 g/mol. The van der Waals surface area contributed by atoms with E-state index in [1.807, 2.05) is 13.0 Å². The number of nitrogens with zero attached hydrogens (tertiary/aromatic N) is 1. The van der Waals surface area contributed by atoms with Crippen molar-refractivity contribution in [3.63, 3.8) is 0 Å². The molecule has 3 rings (SSSR count). The SMILES string of the molecule is Cc1ccc(CN(C)C(CNC2CC2)c2ccccc2)o1. The Morgan fingerprint density at radius 2 is 1.95 bits per heavy atom. The Hall–Kier alpha value is -1.58. The molecule has 0 aliphatic heterocycles. The van der Waals surface area contributed by atoms with Crippen molar-refractivity contribution in [3.05, 3.63) is 59.5 Å². The predicted molar refractivity (Wildman–Crippen MR) is 85.1 cm³/mol. The van der Waals surface area contributed by atoms with Crippen molar-refractivity contribution in [2.45, 2.75) is 38.4 Å². The minimum absolute atomic E-state index is 0.372. The van der Waals surface area contributed by atoms with Crippen molar-refractivity contribution in [2.75, 3.05) is 13.6 Å². The molecule has 1 heterocycles. The smallest absolute Gasteiger partial charge is 0.118 e. The van der Waals surface area contributed by atoms with Gasteiger partial charge in [0.2, 0.25) is 0 Å². The van der Waals surface area contributed by atoms with Crippen molar-refractivity contribution in [1.82, 2.24) is 10.2 Å². The molecule has 0 saturated heterocycles. The Balaban J connectivity index is 1.70. The average molecular weight is 284 g/mol. The predicted octanol–water partition coefficient (Wildman–Crippen LogP) is 3.51. The van der Waals surface area contributed by atoms with Crippen molar-refractivity contribution in [1.29, 1.82) is 0 Å². The fraction of sp³-hybridized carbons (Fsp3) is 0.444. The van der Waals surface area contributed by atoms with Gasteiger partial charge in [-0.25, -0.2) is 0 Å². The van der Waals surface area contributed by atoms with Crippen LogP contribution in [0.25, 0.3) is 0 Å². The molecule has 1 aliphatic carbocycles. The zero-order valence-electron chi connectivity index (χ0n) is 12.9. The summed E-state index contributed by atoms with van der Waals surface area (Å²) >= 11 is 0. The van der Waals surface area contributed by atoms with Crippen LogP contribution in [0, 0.1) is 6.92 Å². The maximum absolute atomic E-state index is 5.72. The van der Waals surface area contributed by atoms with Gasteiger partial charge in [0.1, 0.15) is 11.5 Å². The summed E-state index contributed by atoms with van der Waals surface area (Å²) in [5.74, 6) is 2.01. The number of benzene rings is 1. The maximum Gasteiger partial charge on any atom is 0.118 e. The van der Waals surface area contributed by atoms with Crippen LogP contribution in [0.2, 0.25) is 0 Å². The number of hydrogen-bond donors (Lipinski definition) is 1. The van der Waals surface area contributed by atoms with Crippen LogP contribution in [0.1, 0.15) is 36.0 Å². The van der Waals surface area contributed by atoms with E-state index in [0.29, 0.717) is 6.04 Å². The lowest BCUT2D eigenvalue weighted by Gasteiger charge is -2.28. The average Bonchev–Trinajstić information content (AvgIpc) is 3.22. The maximum atomic E-state index is 5.72. The largest absolute Gasteiger partial charge is 0.465 e. The first-order chi connectivity index (χ1) is 10.2. The minimum Gasteiger partial charge on any atom is -0.465 e. The fourth-order valence-electron chi connectivity index (χ4n) is 2.70. The highest BCUT2D eigenvalue weighted by Gasteiger charge is 2.24. The van der Waals surface area contributed by atoms with Gasteiger partial charge in [-0.05, 0) is 44.5 Å². The molecule has 1 aromatic heterocycles. The summed E-state index contributed by atoms with van der Waals surface area (Å²) in [5, 5.41) is 3.65. The van der Waals surface area contributed by atoms with Gasteiger partial charge in [-0.3, -0.25) is 4.90 Å². The lowest BCUT2D eigenvalue weighted by molar-refractivity contribution is 0.211. The molecule has 1 saturated carbocycles. The summed E-state index contributed by atoms with van der Waals surface area (Å²) in [7, 11) is 2.17. The van der Waals surface area contributed by atoms with Gasteiger partial charge in [0.05, 0.1) is 6.54 Å². The summed E-state index contributed by atoms with van der Waals surface area (Å²) in [6.07, 6.45) is 2.64. The van der Waals surface area contributed by atoms with E-state index in [4.69, 9.17) is 4.42 Å². The molecule has 3 heteroatoms. The van der Waals surface area contributed by atoms with E-state index in [0.717, 1.165) is 30.7 Å². The molecule has 1 unspecified atom stereocenters. The Kier molecular flexibility index (Phi) is 4.42. The molecule has 1 aromatic carbocycles. The van der Waals surface area contributed by atoms with Crippen molar-refractivity contribution >= 4 is 0 Å². The number of aryl methyl sites for hydroxylation is 1. The summed E-state index contributed by atoms with van der Waals surface area (Å²) in [6.45, 7) is 3.82. The van der Waals surface area contributed by atoms with Crippen LogP contribution in [0.15, 0.2) is 46.9 Å². The lowest BCUT2D eigenvalue weighted by Crippen LogP contribution is -2.34. The molecular formula is C18H24N2O. The molecule has 0 amide bonds. The molecule has 2 aromatic rings. The first-order valence-corrected chi connectivity index (χ1v) is 7.76. The van der Waals surface area contributed by atoms with Crippen molar-refractivity contribution in [3.8, 4) is 0 Å². The molecule has 21 heavy (non-hydrogen) atoms. The Morgan fingerprint density at radius 3 is 2.57 bits per heavy atom. The second-order valence-corrected chi connectivity index (χ2v) is 6.04. The van der Waals surface area contributed by atoms with Crippen LogP contribution in [0.4, 0.5) is 0 Å². The van der Waals surface area contributed by atoms with Crippen LogP contribution in [-0.4, -0.2) is 24.5 Å². The third-order valence-electron chi connectivity index (χ3n) is 4.09. The second-order valence-electron chi connectivity index (χ2n) is 6.04. The Labute approximate surface area is 127 Å². The number of nitrogens with one attached hydrogen (secondary N) is 1. The first kappa shape index (κ1) is 14.4. The van der Waals surface area contributed by atoms with E-state index < -0.39 is 0 Å². The van der Waals surface area contributed by atoms with Crippen molar-refractivity contribution < 1.29 is 4.42 Å². The third kappa shape index (κ3) is 3.96. The van der Waals surface area contributed by atoms with Crippen LogP contribution >= 0.6 is 0 Å². The van der Waals surface area contributed by atoms with E-state index in [-0.39, 0.29) is 0 Å². The quantitative estimate of drug-likeness (QED) is 0.843. The van der Waals surface area contributed by atoms with E-state index in [2.05, 4.69) is 53.7 Å². The molecule has 1 aliphatic rings. The minimum atomic E-state index is 0.372. The molecule has 112 valence electrons. The van der Waals surface area contributed by atoms with Gasteiger partial charge < -0.3 is 9.73 Å². The highest BCUT2D eigenvalue weighted by atomic mass is 16.3. The van der Waals surface area contributed by atoms with E-state index in [9.17, 15) is 0 Å². The zero-order valence-corrected chi connectivity index (χ0v) is 12.9. The highest BCUT2D eigenvalue weighted by Crippen LogP contribution is 2.24. The van der Waals surface area contributed by atoms with E-state index in [1.165, 1.54) is 18.4 Å². The molecule has 1 fully saturated rings. The summed E-state index contributed by atoms with van der Waals surface area (Å²) in [4.78, 5) is 2.36. The number of rotatable bonds is 7. The second kappa shape index (κ2) is 6.46. The topological polar surface area (TPSA) is 28.4 Å².